The van der Waals surface area contributed by atoms with Gasteiger partial charge in [0.25, 0.3) is 0 Å². The van der Waals surface area contributed by atoms with Crippen molar-refractivity contribution in [3.63, 3.8) is 0 Å². The predicted octanol–water partition coefficient (Wildman–Crippen LogP) is 0.927. The Morgan fingerprint density at radius 2 is 2.16 bits per heavy atom. The van der Waals surface area contributed by atoms with Gasteiger partial charge < -0.3 is 19.7 Å². The van der Waals surface area contributed by atoms with Crippen LogP contribution in [0.2, 0.25) is 0 Å². The fourth-order valence-electron chi connectivity index (χ4n) is 1.83. The molecular weight excluding hydrogens is 246 g/mol. The molecule has 0 bridgehead atoms. The van der Waals surface area contributed by atoms with E-state index in [1.54, 1.807) is 7.05 Å². The number of anilines is 2. The van der Waals surface area contributed by atoms with E-state index in [1.165, 1.54) is 6.42 Å². The van der Waals surface area contributed by atoms with Crippen LogP contribution in [0.15, 0.2) is 0 Å². The average Bonchev–Trinajstić information content (AvgIpc) is 2.45. The standard InChI is InChI=1S/C12H21N5O2/c1-13-10-14-11(17(2)3)16-12(15-10)19-8-9-6-4-5-7-18-9/h9H,4-8H2,1-3H3,(H,13,14,15,16). The molecule has 1 aromatic heterocycles. The van der Waals surface area contributed by atoms with Gasteiger partial charge in [-0.05, 0) is 19.3 Å². The molecule has 7 nitrogen and oxygen atoms in total. The van der Waals surface area contributed by atoms with Gasteiger partial charge in [-0.25, -0.2) is 0 Å². The minimum Gasteiger partial charge on any atom is -0.461 e. The highest BCUT2D eigenvalue weighted by Gasteiger charge is 2.16. The monoisotopic (exact) mass is 267 g/mol. The third kappa shape index (κ3) is 3.92. The van der Waals surface area contributed by atoms with Crippen molar-refractivity contribution in [2.45, 2.75) is 25.4 Å². The normalized spacial score (nSPS) is 19.0. The van der Waals surface area contributed by atoms with Crippen LogP contribution in [0.25, 0.3) is 0 Å². The molecule has 1 aliphatic heterocycles. The van der Waals surface area contributed by atoms with Crippen molar-refractivity contribution in [1.82, 2.24) is 15.0 Å². The van der Waals surface area contributed by atoms with Gasteiger partial charge in [0.1, 0.15) is 6.61 Å². The number of hydrogen-bond acceptors (Lipinski definition) is 7. The van der Waals surface area contributed by atoms with Gasteiger partial charge in [-0.3, -0.25) is 0 Å². The number of nitrogens with zero attached hydrogens (tertiary/aromatic N) is 4. The summed E-state index contributed by atoms with van der Waals surface area (Å²) in [5.41, 5.74) is 0. The zero-order chi connectivity index (χ0) is 13.7. The Morgan fingerprint density at radius 3 is 2.79 bits per heavy atom. The van der Waals surface area contributed by atoms with Gasteiger partial charge in [-0.2, -0.15) is 15.0 Å². The van der Waals surface area contributed by atoms with E-state index >= 15 is 0 Å². The van der Waals surface area contributed by atoms with Gasteiger partial charge in [0.05, 0.1) is 6.10 Å². The summed E-state index contributed by atoms with van der Waals surface area (Å²) in [7, 11) is 5.52. The topological polar surface area (TPSA) is 72.4 Å². The molecule has 1 aromatic rings. The maximum absolute atomic E-state index is 5.62. The van der Waals surface area contributed by atoms with Gasteiger partial charge in [-0.1, -0.05) is 0 Å². The summed E-state index contributed by atoms with van der Waals surface area (Å²) in [6, 6.07) is 0.331. The molecule has 0 saturated carbocycles. The summed E-state index contributed by atoms with van der Waals surface area (Å²) < 4.78 is 11.2. The Balaban J connectivity index is 2.00. The molecule has 19 heavy (non-hydrogen) atoms. The highest BCUT2D eigenvalue weighted by molar-refractivity contribution is 5.36. The lowest BCUT2D eigenvalue weighted by molar-refractivity contribution is -0.0129. The molecule has 0 aromatic carbocycles. The maximum atomic E-state index is 5.62. The fraction of sp³-hybridized carbons (Fsp3) is 0.750. The van der Waals surface area contributed by atoms with Crippen LogP contribution in [0.4, 0.5) is 11.9 Å². The van der Waals surface area contributed by atoms with Crippen LogP contribution in [0.5, 0.6) is 6.01 Å². The second-order valence-electron chi connectivity index (χ2n) is 4.69. The van der Waals surface area contributed by atoms with Crippen LogP contribution < -0.4 is 15.0 Å². The number of rotatable bonds is 5. The first-order valence-corrected chi connectivity index (χ1v) is 6.54. The molecule has 106 valence electrons. The van der Waals surface area contributed by atoms with Gasteiger partial charge in [0, 0.05) is 27.7 Å². The Kier molecular flexibility index (Phi) is 4.73. The molecule has 0 spiro atoms. The first kappa shape index (κ1) is 13.8. The third-order valence-electron chi connectivity index (χ3n) is 2.90. The predicted molar refractivity (Wildman–Crippen MR) is 72.8 cm³/mol. The summed E-state index contributed by atoms with van der Waals surface area (Å²) in [6.07, 6.45) is 3.50. The molecule has 1 unspecified atom stereocenters. The number of nitrogens with one attached hydrogen (secondary N) is 1. The average molecular weight is 267 g/mol. The van der Waals surface area contributed by atoms with E-state index in [1.807, 2.05) is 19.0 Å². The SMILES string of the molecule is CNc1nc(OCC2CCCCO2)nc(N(C)C)n1. The lowest BCUT2D eigenvalue weighted by Gasteiger charge is -2.22. The Labute approximate surface area is 113 Å². The molecule has 0 radical (unpaired) electrons. The number of ether oxygens (including phenoxy) is 2. The molecular formula is C12H21N5O2. The van der Waals surface area contributed by atoms with Crippen LogP contribution in [0, 0.1) is 0 Å². The van der Waals surface area contributed by atoms with Crippen molar-refractivity contribution in [3.8, 4) is 6.01 Å². The minimum atomic E-state index is 0.145. The first-order valence-electron chi connectivity index (χ1n) is 6.54. The number of hydrogen-bond donors (Lipinski definition) is 1. The Bertz CT molecular complexity index is 407. The van der Waals surface area contributed by atoms with Crippen LogP contribution in [0.3, 0.4) is 0 Å². The summed E-state index contributed by atoms with van der Waals surface area (Å²) in [6.45, 7) is 1.30. The molecule has 1 fully saturated rings. The summed E-state index contributed by atoms with van der Waals surface area (Å²) in [5.74, 6) is 1.07. The van der Waals surface area contributed by atoms with E-state index in [4.69, 9.17) is 9.47 Å². The second-order valence-corrected chi connectivity index (χ2v) is 4.69. The molecule has 0 aliphatic carbocycles. The van der Waals surface area contributed by atoms with E-state index in [2.05, 4.69) is 20.3 Å². The maximum Gasteiger partial charge on any atom is 0.323 e. The smallest absolute Gasteiger partial charge is 0.323 e. The van der Waals surface area contributed by atoms with Gasteiger partial charge in [0.2, 0.25) is 11.9 Å². The Hall–Kier alpha value is -1.63. The molecule has 1 aliphatic rings. The molecule has 1 atom stereocenters. The van der Waals surface area contributed by atoms with Crippen molar-refractivity contribution in [3.05, 3.63) is 0 Å². The van der Waals surface area contributed by atoms with Gasteiger partial charge in [-0.15, -0.1) is 0 Å². The van der Waals surface area contributed by atoms with E-state index in [9.17, 15) is 0 Å². The van der Waals surface area contributed by atoms with Crippen molar-refractivity contribution < 1.29 is 9.47 Å². The molecule has 1 N–H and O–H groups in total. The first-order chi connectivity index (χ1) is 9.19. The van der Waals surface area contributed by atoms with Gasteiger partial charge >= 0.3 is 6.01 Å². The van der Waals surface area contributed by atoms with Gasteiger partial charge in [0.15, 0.2) is 0 Å². The molecule has 0 amide bonds. The highest BCUT2D eigenvalue weighted by atomic mass is 16.5. The number of aromatic nitrogens is 3. The fourth-order valence-corrected chi connectivity index (χ4v) is 1.83. The molecule has 2 rings (SSSR count). The highest BCUT2D eigenvalue weighted by Crippen LogP contribution is 2.16. The van der Waals surface area contributed by atoms with Crippen LogP contribution in [-0.4, -0.2) is 55.4 Å². The summed E-state index contributed by atoms with van der Waals surface area (Å²) in [4.78, 5) is 14.5. The van der Waals surface area contributed by atoms with Crippen molar-refractivity contribution >= 4 is 11.9 Å². The zero-order valence-corrected chi connectivity index (χ0v) is 11.7. The zero-order valence-electron chi connectivity index (χ0n) is 11.7. The minimum absolute atomic E-state index is 0.145. The van der Waals surface area contributed by atoms with Crippen molar-refractivity contribution in [1.29, 1.82) is 0 Å². The summed E-state index contributed by atoms with van der Waals surface area (Å²) in [5, 5.41) is 2.90. The summed E-state index contributed by atoms with van der Waals surface area (Å²) >= 11 is 0. The van der Waals surface area contributed by atoms with E-state index in [-0.39, 0.29) is 6.10 Å². The Morgan fingerprint density at radius 1 is 1.32 bits per heavy atom. The van der Waals surface area contributed by atoms with Crippen molar-refractivity contribution in [2.24, 2.45) is 0 Å². The lowest BCUT2D eigenvalue weighted by atomic mass is 10.1. The van der Waals surface area contributed by atoms with E-state index in [0.717, 1.165) is 19.4 Å². The molecule has 2 heterocycles. The third-order valence-corrected chi connectivity index (χ3v) is 2.90. The van der Waals surface area contributed by atoms with Crippen molar-refractivity contribution in [2.75, 3.05) is 44.6 Å². The molecule has 1 saturated heterocycles. The second kappa shape index (κ2) is 6.51. The van der Waals surface area contributed by atoms with E-state index in [0.29, 0.717) is 24.5 Å². The van der Waals surface area contributed by atoms with Crippen LogP contribution in [-0.2, 0) is 4.74 Å². The largest absolute Gasteiger partial charge is 0.461 e. The van der Waals surface area contributed by atoms with Crippen LogP contribution in [0.1, 0.15) is 19.3 Å². The van der Waals surface area contributed by atoms with Crippen LogP contribution >= 0.6 is 0 Å². The lowest BCUT2D eigenvalue weighted by Crippen LogP contribution is -2.26. The molecule has 7 heteroatoms. The van der Waals surface area contributed by atoms with E-state index < -0.39 is 0 Å². The quantitative estimate of drug-likeness (QED) is 0.850.